The third-order valence-corrected chi connectivity index (χ3v) is 6.06. The number of methoxy groups -OCH3 is 2. The molecule has 2 aromatic carbocycles. The van der Waals surface area contributed by atoms with Gasteiger partial charge in [-0.15, -0.1) is 11.8 Å². The Morgan fingerprint density at radius 3 is 2.52 bits per heavy atom. The minimum Gasteiger partial charge on any atom is -0.493 e. The van der Waals surface area contributed by atoms with Crippen LogP contribution < -0.4 is 14.3 Å². The van der Waals surface area contributed by atoms with Crippen LogP contribution in [0.15, 0.2) is 46.3 Å². The number of ether oxygens (including phenoxy) is 2. The molecule has 0 radical (unpaired) electrons. The van der Waals surface area contributed by atoms with Crippen LogP contribution in [0.25, 0.3) is 10.2 Å². The zero-order valence-corrected chi connectivity index (χ0v) is 17.6. The largest absolute Gasteiger partial charge is 0.493 e. The highest BCUT2D eigenvalue weighted by atomic mass is 32.2. The molecule has 1 amide bonds. The highest BCUT2D eigenvalue weighted by Crippen LogP contribution is 2.33. The number of thioether (sulfide) groups is 1. The molecule has 0 fully saturated rings. The minimum absolute atomic E-state index is 0.248. The van der Waals surface area contributed by atoms with Crippen LogP contribution in [0, 0.1) is 0 Å². The third-order valence-electron chi connectivity index (χ3n) is 3.96. The monoisotopic (exact) mass is 402 g/mol. The average molecular weight is 403 g/mol. The van der Waals surface area contributed by atoms with E-state index < -0.39 is 0 Å². The van der Waals surface area contributed by atoms with Crippen molar-refractivity contribution in [1.29, 1.82) is 0 Å². The number of aryl methyl sites for hydroxylation is 1. The fraction of sp³-hybridized carbons (Fsp3) is 0.300. The van der Waals surface area contributed by atoms with Gasteiger partial charge in [-0.3, -0.25) is 4.79 Å². The highest BCUT2D eigenvalue weighted by molar-refractivity contribution is 7.99. The summed E-state index contributed by atoms with van der Waals surface area (Å²) in [5, 5.41) is 0.456. The van der Waals surface area contributed by atoms with E-state index in [-0.39, 0.29) is 5.91 Å². The Hall–Kier alpha value is -2.25. The first-order valence-electron chi connectivity index (χ1n) is 8.50. The molecule has 0 atom stereocenters. The van der Waals surface area contributed by atoms with Crippen LogP contribution in [0.3, 0.4) is 0 Å². The lowest BCUT2D eigenvalue weighted by molar-refractivity contribution is 0.0997. The number of hydrogen-bond acceptors (Lipinski definition) is 5. The van der Waals surface area contributed by atoms with E-state index in [1.54, 1.807) is 32.0 Å². The van der Waals surface area contributed by atoms with Crippen LogP contribution in [0.1, 0.15) is 24.2 Å². The lowest BCUT2D eigenvalue weighted by Crippen LogP contribution is -2.13. The molecule has 27 heavy (non-hydrogen) atoms. The van der Waals surface area contributed by atoms with Crippen molar-refractivity contribution in [2.24, 2.45) is 12.0 Å². The Bertz CT molecular complexity index is 1050. The third kappa shape index (κ3) is 4.20. The summed E-state index contributed by atoms with van der Waals surface area (Å²) in [4.78, 5) is 18.7. The molecular weight excluding hydrogens is 380 g/mol. The number of amides is 1. The number of aromatic nitrogens is 1. The molecule has 0 N–H and O–H groups in total. The van der Waals surface area contributed by atoms with Crippen molar-refractivity contribution in [3.8, 4) is 11.5 Å². The summed E-state index contributed by atoms with van der Waals surface area (Å²) < 4.78 is 13.6. The summed E-state index contributed by atoms with van der Waals surface area (Å²) in [6, 6.07) is 11.4. The van der Waals surface area contributed by atoms with Gasteiger partial charge < -0.3 is 14.0 Å². The maximum Gasteiger partial charge on any atom is 0.279 e. The molecule has 0 bridgehead atoms. The fourth-order valence-electron chi connectivity index (χ4n) is 2.69. The molecule has 1 aromatic heterocycles. The van der Waals surface area contributed by atoms with Gasteiger partial charge in [-0.1, -0.05) is 31.3 Å². The van der Waals surface area contributed by atoms with Crippen LogP contribution in [0.4, 0.5) is 0 Å². The van der Waals surface area contributed by atoms with E-state index in [1.165, 1.54) is 11.3 Å². The van der Waals surface area contributed by atoms with Crippen LogP contribution >= 0.6 is 23.1 Å². The van der Waals surface area contributed by atoms with E-state index >= 15 is 0 Å². The number of thiazole rings is 1. The van der Waals surface area contributed by atoms with Crippen LogP contribution in [0.2, 0.25) is 0 Å². The van der Waals surface area contributed by atoms with Crippen LogP contribution in [-0.2, 0) is 7.05 Å². The zero-order chi connectivity index (χ0) is 19.6. The Morgan fingerprint density at radius 1 is 1.15 bits per heavy atom. The molecule has 0 aliphatic heterocycles. The van der Waals surface area contributed by atoms with Crippen molar-refractivity contribution >= 4 is 39.2 Å². The maximum absolute atomic E-state index is 12.7. The van der Waals surface area contributed by atoms with E-state index in [1.807, 2.05) is 41.9 Å². The van der Waals surface area contributed by atoms with Gasteiger partial charge in [-0.25, -0.2) is 0 Å². The summed E-state index contributed by atoms with van der Waals surface area (Å²) >= 11 is 3.17. The summed E-state index contributed by atoms with van der Waals surface area (Å²) in [6.07, 6.45) is 0. The van der Waals surface area contributed by atoms with Crippen molar-refractivity contribution < 1.29 is 14.3 Å². The standard InChI is InChI=1S/C20H22N2O3S2/c1-12(2)26-14-8-6-7-13(9-14)19(23)21-20-22(3)15-10-16(24-4)17(25-5)11-18(15)27-20/h6-12H,1-5H3. The van der Waals surface area contributed by atoms with Gasteiger partial charge in [0.1, 0.15) is 0 Å². The quantitative estimate of drug-likeness (QED) is 0.590. The first-order valence-corrected chi connectivity index (χ1v) is 10.2. The van der Waals surface area contributed by atoms with Crippen molar-refractivity contribution in [3.63, 3.8) is 0 Å². The first kappa shape index (κ1) is 19.5. The van der Waals surface area contributed by atoms with Crippen molar-refractivity contribution in [2.45, 2.75) is 24.0 Å². The fourth-order valence-corrected chi connectivity index (χ4v) is 4.61. The first-order chi connectivity index (χ1) is 12.9. The molecule has 5 nitrogen and oxygen atoms in total. The lowest BCUT2D eigenvalue weighted by atomic mass is 10.2. The molecule has 0 aliphatic carbocycles. The predicted molar refractivity (Wildman–Crippen MR) is 111 cm³/mol. The molecule has 3 rings (SSSR count). The normalized spacial score (nSPS) is 12.0. The number of carbonyl (C=O) groups is 1. The Morgan fingerprint density at radius 2 is 1.85 bits per heavy atom. The number of rotatable bonds is 5. The number of nitrogens with zero attached hydrogens (tertiary/aromatic N) is 2. The second-order valence-electron chi connectivity index (χ2n) is 6.23. The van der Waals surface area contributed by atoms with Gasteiger partial charge in [0.15, 0.2) is 16.3 Å². The minimum atomic E-state index is -0.248. The van der Waals surface area contributed by atoms with Gasteiger partial charge in [0.25, 0.3) is 5.91 Å². The van der Waals surface area contributed by atoms with Crippen molar-refractivity contribution in [1.82, 2.24) is 4.57 Å². The number of hydrogen-bond donors (Lipinski definition) is 0. The van der Waals surface area contributed by atoms with Gasteiger partial charge >= 0.3 is 0 Å². The van der Waals surface area contributed by atoms with Gasteiger partial charge in [0.05, 0.1) is 24.4 Å². The smallest absolute Gasteiger partial charge is 0.279 e. The molecule has 1 heterocycles. The van der Waals surface area contributed by atoms with E-state index in [2.05, 4.69) is 18.8 Å². The topological polar surface area (TPSA) is 52.8 Å². The van der Waals surface area contributed by atoms with Crippen LogP contribution in [-0.4, -0.2) is 29.9 Å². The molecule has 0 spiro atoms. The van der Waals surface area contributed by atoms with Gasteiger partial charge in [0, 0.05) is 34.9 Å². The Kier molecular flexibility index (Phi) is 5.92. The number of carbonyl (C=O) groups excluding carboxylic acids is 1. The van der Waals surface area contributed by atoms with E-state index in [4.69, 9.17) is 9.47 Å². The lowest BCUT2D eigenvalue weighted by Gasteiger charge is -2.07. The number of fused-ring (bicyclic) bond motifs is 1. The summed E-state index contributed by atoms with van der Waals surface area (Å²) in [7, 11) is 5.10. The molecule has 0 unspecified atom stereocenters. The highest BCUT2D eigenvalue weighted by Gasteiger charge is 2.12. The number of benzene rings is 2. The van der Waals surface area contributed by atoms with E-state index in [9.17, 15) is 4.79 Å². The van der Waals surface area contributed by atoms with Crippen molar-refractivity contribution in [2.75, 3.05) is 14.2 Å². The molecule has 142 valence electrons. The Balaban J connectivity index is 2.03. The maximum atomic E-state index is 12.7. The van der Waals surface area contributed by atoms with Crippen molar-refractivity contribution in [3.05, 3.63) is 46.8 Å². The molecule has 3 aromatic rings. The molecule has 0 aliphatic rings. The Labute approximate surface area is 166 Å². The average Bonchev–Trinajstić information content (AvgIpc) is 2.95. The van der Waals surface area contributed by atoms with E-state index in [0.717, 1.165) is 15.1 Å². The van der Waals surface area contributed by atoms with Gasteiger partial charge in [-0.05, 0) is 18.2 Å². The zero-order valence-electron chi connectivity index (χ0n) is 16.0. The SMILES string of the molecule is COc1cc2sc(=NC(=O)c3cccc(SC(C)C)c3)n(C)c2cc1OC. The molecule has 7 heteroatoms. The summed E-state index contributed by atoms with van der Waals surface area (Å²) in [5.74, 6) is 1.06. The van der Waals surface area contributed by atoms with Crippen LogP contribution in [0.5, 0.6) is 11.5 Å². The predicted octanol–water partition coefficient (Wildman–Crippen LogP) is 4.50. The van der Waals surface area contributed by atoms with Gasteiger partial charge in [-0.2, -0.15) is 4.99 Å². The summed E-state index contributed by atoms with van der Waals surface area (Å²) in [5.41, 5.74) is 1.53. The summed E-state index contributed by atoms with van der Waals surface area (Å²) in [6.45, 7) is 4.26. The van der Waals surface area contributed by atoms with E-state index in [0.29, 0.717) is 27.1 Å². The molecule has 0 saturated carbocycles. The second-order valence-corrected chi connectivity index (χ2v) is 8.89. The molecular formula is C20H22N2O3S2. The molecule has 0 saturated heterocycles. The second kappa shape index (κ2) is 8.19. The van der Waals surface area contributed by atoms with Gasteiger partial charge in [0.2, 0.25) is 0 Å².